The second kappa shape index (κ2) is 5.65. The summed E-state index contributed by atoms with van der Waals surface area (Å²) in [6.45, 7) is 5.86. The summed E-state index contributed by atoms with van der Waals surface area (Å²) in [5.41, 5.74) is 0. The Hall–Kier alpha value is -1.03. The molecule has 0 bridgehead atoms. The third-order valence-corrected chi connectivity index (χ3v) is 2.24. The molecule has 4 heteroatoms. The van der Waals surface area contributed by atoms with Gasteiger partial charge in [0.25, 0.3) is 0 Å². The van der Waals surface area contributed by atoms with Crippen molar-refractivity contribution in [2.75, 3.05) is 19.0 Å². The Balaban J connectivity index is 2.53. The first-order valence-electron chi connectivity index (χ1n) is 5.04. The average molecular weight is 197 g/mol. The molecule has 1 unspecified atom stereocenters. The molecule has 1 aromatic heterocycles. The topological polar surface area (TPSA) is 39.1 Å². The third-order valence-electron chi connectivity index (χ3n) is 2.24. The molecule has 0 spiro atoms. The number of nitrogens with zero attached hydrogens (tertiary/aromatic N) is 2. The molecule has 1 atom stereocenters. The maximum Gasteiger partial charge on any atom is 0.203 e. The second-order valence-electron chi connectivity index (χ2n) is 3.39. The molecule has 0 aliphatic rings. The fraction of sp³-hybridized carbons (Fsp3) is 0.700. The highest BCUT2D eigenvalue weighted by Crippen LogP contribution is 2.07. The lowest BCUT2D eigenvalue weighted by Crippen LogP contribution is -2.18. The van der Waals surface area contributed by atoms with Crippen LogP contribution in [-0.2, 0) is 11.3 Å². The van der Waals surface area contributed by atoms with Gasteiger partial charge >= 0.3 is 0 Å². The quantitative estimate of drug-likeness (QED) is 0.755. The average Bonchev–Trinajstić information content (AvgIpc) is 2.62. The molecule has 1 N–H and O–H groups in total. The number of methoxy groups -OCH3 is 1. The SMILES string of the molecule is CCC(C)Nc1nccn1CCOC. The van der Waals surface area contributed by atoms with Gasteiger partial charge in [0.05, 0.1) is 6.61 Å². The summed E-state index contributed by atoms with van der Waals surface area (Å²) in [7, 11) is 1.71. The van der Waals surface area contributed by atoms with E-state index in [0.29, 0.717) is 12.6 Å². The normalized spacial score (nSPS) is 12.8. The number of ether oxygens (including phenoxy) is 1. The largest absolute Gasteiger partial charge is 0.383 e. The molecule has 80 valence electrons. The van der Waals surface area contributed by atoms with E-state index in [4.69, 9.17) is 4.74 Å². The zero-order valence-corrected chi connectivity index (χ0v) is 9.16. The highest BCUT2D eigenvalue weighted by Gasteiger charge is 2.04. The molecule has 0 fully saturated rings. The van der Waals surface area contributed by atoms with Crippen LogP contribution in [0.2, 0.25) is 0 Å². The summed E-state index contributed by atoms with van der Waals surface area (Å²) < 4.78 is 7.09. The van der Waals surface area contributed by atoms with Gasteiger partial charge in [-0.2, -0.15) is 0 Å². The molecule has 1 aromatic rings. The van der Waals surface area contributed by atoms with Crippen molar-refractivity contribution in [3.05, 3.63) is 12.4 Å². The van der Waals surface area contributed by atoms with Crippen molar-refractivity contribution >= 4 is 5.95 Å². The Morgan fingerprint density at radius 3 is 3.07 bits per heavy atom. The van der Waals surface area contributed by atoms with Crippen LogP contribution in [0.25, 0.3) is 0 Å². The van der Waals surface area contributed by atoms with E-state index in [1.165, 1.54) is 0 Å². The predicted molar refractivity (Wildman–Crippen MR) is 57.5 cm³/mol. The number of hydrogen-bond donors (Lipinski definition) is 1. The van der Waals surface area contributed by atoms with E-state index >= 15 is 0 Å². The van der Waals surface area contributed by atoms with Crippen molar-refractivity contribution in [1.82, 2.24) is 9.55 Å². The molecule has 0 saturated carbocycles. The lowest BCUT2D eigenvalue weighted by molar-refractivity contribution is 0.187. The van der Waals surface area contributed by atoms with E-state index in [-0.39, 0.29) is 0 Å². The van der Waals surface area contributed by atoms with Crippen LogP contribution in [0.1, 0.15) is 20.3 Å². The summed E-state index contributed by atoms with van der Waals surface area (Å²) in [5.74, 6) is 0.927. The van der Waals surface area contributed by atoms with Gasteiger partial charge in [-0.25, -0.2) is 4.98 Å². The molecule has 0 amide bonds. The third kappa shape index (κ3) is 3.03. The first-order chi connectivity index (χ1) is 6.77. The Kier molecular flexibility index (Phi) is 4.46. The number of hydrogen-bond acceptors (Lipinski definition) is 3. The van der Waals surface area contributed by atoms with Crippen molar-refractivity contribution < 1.29 is 4.74 Å². The number of rotatable bonds is 6. The Bertz CT molecular complexity index is 260. The number of anilines is 1. The minimum absolute atomic E-state index is 0.457. The van der Waals surface area contributed by atoms with Crippen molar-refractivity contribution in [2.45, 2.75) is 32.9 Å². The smallest absolute Gasteiger partial charge is 0.203 e. The van der Waals surface area contributed by atoms with Gasteiger partial charge in [-0.05, 0) is 13.3 Å². The summed E-state index contributed by atoms with van der Waals surface area (Å²) in [5, 5.41) is 3.35. The first-order valence-corrected chi connectivity index (χ1v) is 5.04. The summed E-state index contributed by atoms with van der Waals surface area (Å²) in [4.78, 5) is 4.25. The van der Waals surface area contributed by atoms with Crippen LogP contribution in [0, 0.1) is 0 Å². The van der Waals surface area contributed by atoms with Crippen molar-refractivity contribution in [2.24, 2.45) is 0 Å². The monoisotopic (exact) mass is 197 g/mol. The van der Waals surface area contributed by atoms with Crippen molar-refractivity contribution in [1.29, 1.82) is 0 Å². The molecule has 1 heterocycles. The van der Waals surface area contributed by atoms with E-state index in [0.717, 1.165) is 18.9 Å². The Morgan fingerprint density at radius 1 is 1.64 bits per heavy atom. The van der Waals surface area contributed by atoms with Gasteiger partial charge in [0.15, 0.2) is 0 Å². The van der Waals surface area contributed by atoms with Crippen LogP contribution < -0.4 is 5.32 Å². The van der Waals surface area contributed by atoms with E-state index in [2.05, 4.69) is 28.7 Å². The van der Waals surface area contributed by atoms with Crippen molar-refractivity contribution in [3.63, 3.8) is 0 Å². The summed E-state index contributed by atoms with van der Waals surface area (Å²) >= 11 is 0. The molecule has 1 rings (SSSR count). The highest BCUT2D eigenvalue weighted by atomic mass is 16.5. The van der Waals surface area contributed by atoms with Gasteiger partial charge in [-0.3, -0.25) is 0 Å². The van der Waals surface area contributed by atoms with Crippen LogP contribution in [0.4, 0.5) is 5.95 Å². The fourth-order valence-electron chi connectivity index (χ4n) is 1.14. The molecule has 0 aromatic carbocycles. The van der Waals surface area contributed by atoms with Crippen LogP contribution >= 0.6 is 0 Å². The van der Waals surface area contributed by atoms with Crippen LogP contribution in [-0.4, -0.2) is 29.3 Å². The summed E-state index contributed by atoms with van der Waals surface area (Å²) in [6.07, 6.45) is 4.86. The van der Waals surface area contributed by atoms with Gasteiger partial charge in [0, 0.05) is 32.1 Å². The second-order valence-corrected chi connectivity index (χ2v) is 3.39. The van der Waals surface area contributed by atoms with Crippen LogP contribution in [0.15, 0.2) is 12.4 Å². The maximum absolute atomic E-state index is 5.03. The lowest BCUT2D eigenvalue weighted by Gasteiger charge is -2.13. The van der Waals surface area contributed by atoms with Crippen LogP contribution in [0.3, 0.4) is 0 Å². The van der Waals surface area contributed by atoms with Gasteiger partial charge in [0.2, 0.25) is 5.95 Å². The minimum Gasteiger partial charge on any atom is -0.383 e. The van der Waals surface area contributed by atoms with Crippen molar-refractivity contribution in [3.8, 4) is 0 Å². The van der Waals surface area contributed by atoms with Gasteiger partial charge in [-0.15, -0.1) is 0 Å². The minimum atomic E-state index is 0.457. The lowest BCUT2D eigenvalue weighted by atomic mass is 10.3. The van der Waals surface area contributed by atoms with Gasteiger partial charge < -0.3 is 14.6 Å². The molecule has 0 aliphatic heterocycles. The van der Waals surface area contributed by atoms with Gasteiger partial charge in [-0.1, -0.05) is 6.92 Å². The van der Waals surface area contributed by atoms with Crippen LogP contribution in [0.5, 0.6) is 0 Å². The molecule has 4 nitrogen and oxygen atoms in total. The van der Waals surface area contributed by atoms with E-state index < -0.39 is 0 Å². The molecule has 14 heavy (non-hydrogen) atoms. The zero-order chi connectivity index (χ0) is 10.4. The van der Waals surface area contributed by atoms with E-state index in [1.54, 1.807) is 13.3 Å². The van der Waals surface area contributed by atoms with E-state index in [1.807, 2.05) is 6.20 Å². The Morgan fingerprint density at radius 2 is 2.43 bits per heavy atom. The maximum atomic E-state index is 5.03. The highest BCUT2D eigenvalue weighted by molar-refractivity contribution is 5.26. The summed E-state index contributed by atoms with van der Waals surface area (Å²) in [6, 6.07) is 0.457. The molecule has 0 aliphatic carbocycles. The number of nitrogens with one attached hydrogen (secondary N) is 1. The van der Waals surface area contributed by atoms with E-state index in [9.17, 15) is 0 Å². The molecule has 0 radical (unpaired) electrons. The Labute approximate surface area is 85.3 Å². The molecule has 0 saturated heterocycles. The predicted octanol–water partition coefficient (Wildman–Crippen LogP) is 1.74. The molecular formula is C10H19N3O. The first kappa shape index (κ1) is 11.0. The zero-order valence-electron chi connectivity index (χ0n) is 9.16. The molecular weight excluding hydrogens is 178 g/mol. The number of aromatic nitrogens is 2. The standard InChI is InChI=1S/C10H19N3O/c1-4-9(2)12-10-11-5-6-13(10)7-8-14-3/h5-6,9H,4,7-8H2,1-3H3,(H,11,12). The van der Waals surface area contributed by atoms with Gasteiger partial charge in [0.1, 0.15) is 0 Å². The number of imidazole rings is 1. The fourth-order valence-corrected chi connectivity index (χ4v) is 1.14.